The number of nitrogens with zero attached hydrogens (tertiary/aromatic N) is 2. The number of aromatic nitrogens is 2. The summed E-state index contributed by atoms with van der Waals surface area (Å²) in [6.45, 7) is 1.30. The summed E-state index contributed by atoms with van der Waals surface area (Å²) in [5.74, 6) is 0.785. The summed E-state index contributed by atoms with van der Waals surface area (Å²) in [5.41, 5.74) is 2.27. The van der Waals surface area contributed by atoms with E-state index in [4.69, 9.17) is 4.42 Å². The molecule has 2 aromatic heterocycles. The van der Waals surface area contributed by atoms with Crippen molar-refractivity contribution in [2.75, 3.05) is 6.54 Å². The van der Waals surface area contributed by atoms with Crippen molar-refractivity contribution >= 4 is 11.0 Å². The van der Waals surface area contributed by atoms with E-state index in [9.17, 15) is 5.11 Å². The van der Waals surface area contributed by atoms with E-state index in [-0.39, 0.29) is 0 Å². The average Bonchev–Trinajstić information content (AvgIpc) is 3.25. The molecule has 0 unspecified atom stereocenters. The Kier molecular flexibility index (Phi) is 3.90. The van der Waals surface area contributed by atoms with E-state index in [1.54, 1.807) is 0 Å². The summed E-state index contributed by atoms with van der Waals surface area (Å²) in [5, 5.41) is 19.5. The Labute approximate surface area is 141 Å². The van der Waals surface area contributed by atoms with Gasteiger partial charge in [-0.05, 0) is 25.0 Å². The van der Waals surface area contributed by atoms with Gasteiger partial charge in [-0.25, -0.2) is 0 Å². The summed E-state index contributed by atoms with van der Waals surface area (Å²) in [7, 11) is 1.92. The highest BCUT2D eigenvalue weighted by Crippen LogP contribution is 2.30. The van der Waals surface area contributed by atoms with Gasteiger partial charge in [-0.1, -0.05) is 31.0 Å². The minimum atomic E-state index is -0.540. The van der Waals surface area contributed by atoms with E-state index in [2.05, 4.69) is 10.4 Å². The molecule has 2 N–H and O–H groups in total. The van der Waals surface area contributed by atoms with Crippen LogP contribution < -0.4 is 5.32 Å². The molecule has 5 heteroatoms. The van der Waals surface area contributed by atoms with Crippen LogP contribution in [0.25, 0.3) is 22.4 Å². The fraction of sp³-hybridized carbons (Fsp3) is 0.421. The molecule has 3 aromatic rings. The van der Waals surface area contributed by atoms with Gasteiger partial charge in [0, 0.05) is 37.3 Å². The molecule has 0 saturated heterocycles. The second-order valence-electron chi connectivity index (χ2n) is 6.86. The van der Waals surface area contributed by atoms with Crippen molar-refractivity contribution in [3.8, 4) is 11.5 Å². The first kappa shape index (κ1) is 15.4. The van der Waals surface area contributed by atoms with Crippen LogP contribution in [-0.2, 0) is 13.6 Å². The van der Waals surface area contributed by atoms with Gasteiger partial charge in [-0.3, -0.25) is 4.68 Å². The second-order valence-corrected chi connectivity index (χ2v) is 6.86. The highest BCUT2D eigenvalue weighted by atomic mass is 16.3. The van der Waals surface area contributed by atoms with Crippen LogP contribution in [-0.4, -0.2) is 27.0 Å². The maximum atomic E-state index is 10.5. The minimum absolute atomic E-state index is 0.540. The Hall–Kier alpha value is -2.11. The number of rotatable bonds is 5. The van der Waals surface area contributed by atoms with E-state index in [1.165, 1.54) is 0 Å². The SMILES string of the molecule is Cn1cc(CNCC2(O)CCCC2)c(-c2cc3ccccc3o2)n1. The number of hydrogen-bond donors (Lipinski definition) is 2. The summed E-state index contributed by atoms with van der Waals surface area (Å²) < 4.78 is 7.76. The van der Waals surface area contributed by atoms with Crippen LogP contribution in [0.3, 0.4) is 0 Å². The van der Waals surface area contributed by atoms with E-state index in [0.29, 0.717) is 13.1 Å². The zero-order valence-electron chi connectivity index (χ0n) is 14.0. The summed E-state index contributed by atoms with van der Waals surface area (Å²) in [6, 6.07) is 10.0. The molecule has 0 aliphatic heterocycles. The Morgan fingerprint density at radius 3 is 2.88 bits per heavy atom. The molecular weight excluding hydrogens is 302 g/mol. The molecule has 1 aliphatic carbocycles. The third-order valence-electron chi connectivity index (χ3n) is 4.87. The summed E-state index contributed by atoms with van der Waals surface area (Å²) >= 11 is 0. The molecule has 1 aromatic carbocycles. The van der Waals surface area contributed by atoms with Crippen molar-refractivity contribution in [2.24, 2.45) is 7.05 Å². The standard InChI is InChI=1S/C19H23N3O2/c1-22-12-15(11-20-13-19(23)8-4-5-9-19)18(21-22)17-10-14-6-2-3-7-16(14)24-17/h2-3,6-7,10,12,20,23H,4-5,8-9,11,13H2,1H3. The highest BCUT2D eigenvalue weighted by molar-refractivity contribution is 5.82. The third-order valence-corrected chi connectivity index (χ3v) is 4.87. The van der Waals surface area contributed by atoms with Crippen LogP contribution in [0.15, 0.2) is 40.9 Å². The lowest BCUT2D eigenvalue weighted by Gasteiger charge is -2.22. The lowest BCUT2D eigenvalue weighted by atomic mass is 10.0. The fourth-order valence-corrected chi connectivity index (χ4v) is 3.61. The quantitative estimate of drug-likeness (QED) is 0.756. The van der Waals surface area contributed by atoms with Crippen molar-refractivity contribution in [3.63, 3.8) is 0 Å². The van der Waals surface area contributed by atoms with Gasteiger partial charge in [-0.15, -0.1) is 0 Å². The number of aryl methyl sites for hydroxylation is 1. The van der Waals surface area contributed by atoms with Crippen molar-refractivity contribution < 1.29 is 9.52 Å². The van der Waals surface area contributed by atoms with Gasteiger partial charge in [0.2, 0.25) is 0 Å². The van der Waals surface area contributed by atoms with Crippen LogP contribution in [0.5, 0.6) is 0 Å². The molecule has 5 nitrogen and oxygen atoms in total. The minimum Gasteiger partial charge on any atom is -0.454 e. The van der Waals surface area contributed by atoms with E-state index in [1.807, 2.05) is 48.3 Å². The van der Waals surface area contributed by atoms with Crippen LogP contribution in [0.4, 0.5) is 0 Å². The van der Waals surface area contributed by atoms with Gasteiger partial charge in [0.05, 0.1) is 5.60 Å². The largest absolute Gasteiger partial charge is 0.454 e. The predicted molar refractivity (Wildman–Crippen MR) is 93.5 cm³/mol. The average molecular weight is 325 g/mol. The van der Waals surface area contributed by atoms with Crippen molar-refractivity contribution in [1.82, 2.24) is 15.1 Å². The number of hydrogen-bond acceptors (Lipinski definition) is 4. The van der Waals surface area contributed by atoms with Gasteiger partial charge < -0.3 is 14.8 Å². The van der Waals surface area contributed by atoms with E-state index < -0.39 is 5.60 Å². The molecule has 1 fully saturated rings. The summed E-state index contributed by atoms with van der Waals surface area (Å²) in [4.78, 5) is 0. The smallest absolute Gasteiger partial charge is 0.156 e. The molecular formula is C19H23N3O2. The van der Waals surface area contributed by atoms with Gasteiger partial charge in [0.1, 0.15) is 11.3 Å². The third kappa shape index (κ3) is 2.97. The van der Waals surface area contributed by atoms with Crippen molar-refractivity contribution in [2.45, 2.75) is 37.8 Å². The van der Waals surface area contributed by atoms with Gasteiger partial charge in [0.15, 0.2) is 5.76 Å². The first-order valence-electron chi connectivity index (χ1n) is 8.58. The molecule has 4 rings (SSSR count). The number of para-hydroxylation sites is 1. The maximum absolute atomic E-state index is 10.5. The van der Waals surface area contributed by atoms with Crippen LogP contribution in [0.1, 0.15) is 31.2 Å². The number of nitrogens with one attached hydrogen (secondary N) is 1. The normalized spacial score (nSPS) is 16.9. The van der Waals surface area contributed by atoms with Crippen LogP contribution in [0, 0.1) is 0 Å². The zero-order chi connectivity index (χ0) is 16.6. The molecule has 24 heavy (non-hydrogen) atoms. The molecule has 0 spiro atoms. The number of furan rings is 1. The fourth-order valence-electron chi connectivity index (χ4n) is 3.61. The zero-order valence-corrected chi connectivity index (χ0v) is 14.0. The molecule has 0 radical (unpaired) electrons. The number of fused-ring (bicyclic) bond motifs is 1. The van der Waals surface area contributed by atoms with Gasteiger partial charge in [0.25, 0.3) is 0 Å². The number of aliphatic hydroxyl groups is 1. The first-order valence-corrected chi connectivity index (χ1v) is 8.58. The molecule has 0 amide bonds. The monoisotopic (exact) mass is 325 g/mol. The number of benzene rings is 1. The van der Waals surface area contributed by atoms with Gasteiger partial charge >= 0.3 is 0 Å². The molecule has 126 valence electrons. The highest BCUT2D eigenvalue weighted by Gasteiger charge is 2.30. The molecule has 1 aliphatic rings. The van der Waals surface area contributed by atoms with Crippen LogP contribution >= 0.6 is 0 Å². The Balaban J connectivity index is 1.54. The predicted octanol–water partition coefficient (Wildman–Crippen LogP) is 3.23. The van der Waals surface area contributed by atoms with Crippen LogP contribution in [0.2, 0.25) is 0 Å². The summed E-state index contributed by atoms with van der Waals surface area (Å²) in [6.07, 6.45) is 6.03. The first-order chi connectivity index (χ1) is 11.6. The van der Waals surface area contributed by atoms with E-state index in [0.717, 1.165) is 53.7 Å². The lowest BCUT2D eigenvalue weighted by Crippen LogP contribution is -2.37. The lowest BCUT2D eigenvalue weighted by molar-refractivity contribution is 0.0475. The second kappa shape index (κ2) is 6.07. The van der Waals surface area contributed by atoms with E-state index >= 15 is 0 Å². The Bertz CT molecular complexity index is 810. The molecule has 0 bridgehead atoms. The van der Waals surface area contributed by atoms with Gasteiger partial charge in [-0.2, -0.15) is 5.10 Å². The molecule has 0 atom stereocenters. The maximum Gasteiger partial charge on any atom is 0.156 e. The Morgan fingerprint density at radius 2 is 2.08 bits per heavy atom. The van der Waals surface area contributed by atoms with Crippen molar-refractivity contribution in [3.05, 3.63) is 42.1 Å². The molecule has 1 saturated carbocycles. The topological polar surface area (TPSA) is 63.2 Å². The molecule has 2 heterocycles. The Morgan fingerprint density at radius 1 is 1.29 bits per heavy atom. The van der Waals surface area contributed by atoms with Crippen molar-refractivity contribution in [1.29, 1.82) is 0 Å².